The summed E-state index contributed by atoms with van der Waals surface area (Å²) >= 11 is 0. The second kappa shape index (κ2) is 11.8. The molecular weight excluding hydrogens is 304 g/mol. The summed E-state index contributed by atoms with van der Waals surface area (Å²) in [4.78, 5) is 16.3. The molecule has 0 saturated carbocycles. The van der Waals surface area contributed by atoms with Gasteiger partial charge in [0.25, 0.3) is 0 Å². The zero-order valence-electron chi connectivity index (χ0n) is 15.9. The van der Waals surface area contributed by atoms with Crippen molar-refractivity contribution >= 4 is 14.6 Å². The Bertz CT molecular complexity index is 367. The smallest absolute Gasteiger partial charge is 0.238 e. The molecule has 0 bridgehead atoms. The van der Waals surface area contributed by atoms with Gasteiger partial charge in [-0.25, -0.2) is 4.89 Å². The molecule has 134 valence electrons. The molecule has 1 atom stereocenters. The Hall–Kier alpha value is -0.713. The van der Waals surface area contributed by atoms with Crippen molar-refractivity contribution in [3.63, 3.8) is 0 Å². The normalized spacial score (nSPS) is 14.7. The summed E-state index contributed by atoms with van der Waals surface area (Å²) in [6.45, 7) is 13.0. The van der Waals surface area contributed by atoms with E-state index in [4.69, 9.17) is 9.46 Å². The maximum absolute atomic E-state index is 10.8. The second-order valence-electron chi connectivity index (χ2n) is 7.54. The molecule has 0 rings (SSSR count). The Morgan fingerprint density at radius 2 is 1.78 bits per heavy atom. The van der Waals surface area contributed by atoms with E-state index >= 15 is 0 Å². The summed E-state index contributed by atoms with van der Waals surface area (Å²) in [7, 11) is -1.96. The van der Waals surface area contributed by atoms with E-state index in [1.54, 1.807) is 0 Å². The van der Waals surface area contributed by atoms with Crippen molar-refractivity contribution < 1.29 is 14.3 Å². The third-order valence-corrected chi connectivity index (χ3v) is 8.44. The lowest BCUT2D eigenvalue weighted by molar-refractivity contribution is -0.244. The van der Waals surface area contributed by atoms with E-state index in [1.165, 1.54) is 25.7 Å². The molecule has 4 heteroatoms. The Kier molecular flexibility index (Phi) is 11.4. The third kappa shape index (κ3) is 10.6. The van der Waals surface area contributed by atoms with Crippen LogP contribution in [0.1, 0.15) is 66.2 Å². The van der Waals surface area contributed by atoms with Gasteiger partial charge in [0.2, 0.25) is 8.32 Å². The molecule has 0 aromatic rings. The van der Waals surface area contributed by atoms with Crippen LogP contribution in [0.15, 0.2) is 24.3 Å². The quantitative estimate of drug-likeness (QED) is 0.109. The van der Waals surface area contributed by atoms with Crippen molar-refractivity contribution in [2.45, 2.75) is 90.5 Å². The largest absolute Gasteiger partial charge is 0.303 e. The van der Waals surface area contributed by atoms with Gasteiger partial charge in [-0.05, 0) is 31.0 Å². The highest BCUT2D eigenvalue weighted by Gasteiger charge is 2.39. The van der Waals surface area contributed by atoms with Gasteiger partial charge in [0.15, 0.2) is 0 Å². The summed E-state index contributed by atoms with van der Waals surface area (Å²) < 4.78 is 5.74. The van der Waals surface area contributed by atoms with Crippen LogP contribution in [0.5, 0.6) is 0 Å². The predicted octanol–water partition coefficient (Wildman–Crippen LogP) is 5.98. The maximum atomic E-state index is 10.8. The molecule has 1 unspecified atom stereocenters. The first-order valence-electron chi connectivity index (χ1n) is 8.86. The van der Waals surface area contributed by atoms with E-state index in [0.717, 1.165) is 12.7 Å². The molecule has 0 spiro atoms. The van der Waals surface area contributed by atoms with Gasteiger partial charge in [0, 0.05) is 6.42 Å². The summed E-state index contributed by atoms with van der Waals surface area (Å²) in [5.74, 6) is 0. The first-order valence-corrected chi connectivity index (χ1v) is 11.8. The summed E-state index contributed by atoms with van der Waals surface area (Å²) in [6, 6.07) is 0. The van der Waals surface area contributed by atoms with E-state index in [-0.39, 0.29) is 11.1 Å². The lowest BCUT2D eigenvalue weighted by Crippen LogP contribution is -2.41. The lowest BCUT2D eigenvalue weighted by atomic mass is 10.1. The number of unbranched alkanes of at least 4 members (excludes halogenated alkanes) is 4. The molecule has 3 nitrogen and oxygen atoms in total. The fraction of sp³-hybridized carbons (Fsp3) is 0.737. The fourth-order valence-corrected chi connectivity index (χ4v) is 2.22. The minimum absolute atomic E-state index is 0.0842. The molecule has 0 saturated heterocycles. The van der Waals surface area contributed by atoms with Crippen LogP contribution in [0.3, 0.4) is 0 Å². The Balaban J connectivity index is 4.28. The number of allylic oxidation sites excluding steroid dienone is 3. The number of aldehydes is 1. The van der Waals surface area contributed by atoms with Crippen molar-refractivity contribution in [3.05, 3.63) is 24.3 Å². The first-order chi connectivity index (χ1) is 10.7. The van der Waals surface area contributed by atoms with Crippen molar-refractivity contribution in [3.8, 4) is 0 Å². The van der Waals surface area contributed by atoms with Crippen LogP contribution in [0.25, 0.3) is 0 Å². The van der Waals surface area contributed by atoms with Crippen LogP contribution in [0.4, 0.5) is 0 Å². The van der Waals surface area contributed by atoms with Crippen molar-refractivity contribution in [2.24, 2.45) is 0 Å². The number of carbonyl (C=O) groups is 1. The highest BCUT2D eigenvalue weighted by atomic mass is 28.4. The number of hydrogen-bond donors (Lipinski definition) is 0. The number of rotatable bonds is 12. The van der Waals surface area contributed by atoms with Crippen molar-refractivity contribution in [1.82, 2.24) is 0 Å². The van der Waals surface area contributed by atoms with Gasteiger partial charge < -0.3 is 4.79 Å². The van der Waals surface area contributed by atoms with E-state index in [1.807, 2.05) is 18.2 Å². The second-order valence-corrected chi connectivity index (χ2v) is 12.2. The maximum Gasteiger partial charge on any atom is 0.238 e. The standard InChI is InChI=1S/C19H36O3Si/c1-7-8-9-10-11-12-13-14-15-18(16-17-20)21-22-23(5,6)19(2,3)4/h12-15,17-18H,7-11,16H2,1-6H3/b13-12-,15-14+. The van der Waals surface area contributed by atoms with Gasteiger partial charge in [-0.3, -0.25) is 4.58 Å². The number of carbonyl (C=O) groups excluding carboxylic acids is 1. The monoisotopic (exact) mass is 340 g/mol. The lowest BCUT2D eigenvalue weighted by Gasteiger charge is -2.35. The van der Waals surface area contributed by atoms with Crippen LogP contribution >= 0.6 is 0 Å². The minimum Gasteiger partial charge on any atom is -0.303 e. The van der Waals surface area contributed by atoms with E-state index < -0.39 is 8.32 Å². The SMILES string of the molecule is CCCCCC/C=C\C=C\C(CC=O)OO[Si](C)(C)C(C)(C)C. The van der Waals surface area contributed by atoms with Gasteiger partial charge in [0.1, 0.15) is 12.4 Å². The van der Waals surface area contributed by atoms with Crippen molar-refractivity contribution in [1.29, 1.82) is 0 Å². The molecule has 0 aliphatic carbocycles. The highest BCUT2D eigenvalue weighted by molar-refractivity contribution is 6.73. The number of hydrogen-bond acceptors (Lipinski definition) is 3. The molecule has 0 heterocycles. The molecule has 0 aliphatic heterocycles. The van der Waals surface area contributed by atoms with Crippen LogP contribution in [-0.2, 0) is 14.3 Å². The average molecular weight is 341 g/mol. The van der Waals surface area contributed by atoms with E-state index in [0.29, 0.717) is 6.42 Å². The third-order valence-electron chi connectivity index (χ3n) is 4.31. The summed E-state index contributed by atoms with van der Waals surface area (Å²) in [6.07, 6.45) is 15.1. The van der Waals surface area contributed by atoms with Gasteiger partial charge in [0.05, 0.1) is 0 Å². The molecule has 0 aromatic heterocycles. The summed E-state index contributed by atoms with van der Waals surface area (Å²) in [5, 5.41) is 0.0842. The Morgan fingerprint density at radius 3 is 2.35 bits per heavy atom. The van der Waals surface area contributed by atoms with Crippen LogP contribution in [0, 0.1) is 0 Å². The first kappa shape index (κ1) is 22.3. The Labute approximate surface area is 144 Å². The molecule has 0 fully saturated rings. The topological polar surface area (TPSA) is 35.5 Å². The van der Waals surface area contributed by atoms with Crippen molar-refractivity contribution in [2.75, 3.05) is 0 Å². The van der Waals surface area contributed by atoms with Crippen LogP contribution in [0.2, 0.25) is 18.1 Å². The van der Waals surface area contributed by atoms with Gasteiger partial charge >= 0.3 is 0 Å². The zero-order valence-corrected chi connectivity index (χ0v) is 16.9. The molecular formula is C19H36O3Si. The molecule has 0 aliphatic rings. The van der Waals surface area contributed by atoms with Gasteiger partial charge in [-0.15, -0.1) is 0 Å². The summed E-state index contributed by atoms with van der Waals surface area (Å²) in [5.41, 5.74) is 0. The highest BCUT2D eigenvalue weighted by Crippen LogP contribution is 2.36. The zero-order chi connectivity index (χ0) is 17.8. The molecule has 0 N–H and O–H groups in total. The molecule has 0 radical (unpaired) electrons. The van der Waals surface area contributed by atoms with E-state index in [2.05, 4.69) is 46.9 Å². The molecule has 23 heavy (non-hydrogen) atoms. The molecule has 0 amide bonds. The van der Waals surface area contributed by atoms with Gasteiger partial charge in [-0.2, -0.15) is 0 Å². The van der Waals surface area contributed by atoms with E-state index in [9.17, 15) is 4.79 Å². The average Bonchev–Trinajstić information content (AvgIpc) is 2.46. The predicted molar refractivity (Wildman–Crippen MR) is 101 cm³/mol. The van der Waals surface area contributed by atoms with Gasteiger partial charge in [-0.1, -0.05) is 71.3 Å². The minimum atomic E-state index is -1.96. The van der Waals surface area contributed by atoms with Crippen LogP contribution < -0.4 is 0 Å². The molecule has 0 aromatic carbocycles. The fourth-order valence-electron chi connectivity index (χ4n) is 1.60. The Morgan fingerprint density at radius 1 is 1.09 bits per heavy atom. The van der Waals surface area contributed by atoms with Crippen LogP contribution in [-0.4, -0.2) is 20.7 Å².